The first-order valence-corrected chi connectivity index (χ1v) is 7.08. The summed E-state index contributed by atoms with van der Waals surface area (Å²) in [5.41, 5.74) is 6.76. The average molecular weight is 282 g/mol. The predicted molar refractivity (Wildman–Crippen MR) is 75.6 cm³/mol. The van der Waals surface area contributed by atoms with E-state index < -0.39 is 0 Å². The van der Waals surface area contributed by atoms with Crippen LogP contribution in [0.1, 0.15) is 5.56 Å². The predicted octanol–water partition coefficient (Wildman–Crippen LogP) is 3.03. The Kier molecular flexibility index (Phi) is 4.33. The van der Waals surface area contributed by atoms with E-state index in [2.05, 4.69) is 4.98 Å². The monoisotopic (exact) mass is 282 g/mol. The van der Waals surface area contributed by atoms with E-state index in [1.807, 2.05) is 18.2 Å². The van der Waals surface area contributed by atoms with Crippen LogP contribution >= 0.6 is 23.1 Å². The van der Waals surface area contributed by atoms with Gasteiger partial charge in [0.1, 0.15) is 0 Å². The fourth-order valence-electron chi connectivity index (χ4n) is 1.46. The van der Waals surface area contributed by atoms with E-state index in [0.717, 1.165) is 21.5 Å². The summed E-state index contributed by atoms with van der Waals surface area (Å²) in [5, 5.41) is 0.602. The molecule has 0 aliphatic heterocycles. The summed E-state index contributed by atoms with van der Waals surface area (Å²) in [6.07, 6.45) is 1.80. The number of thioether (sulfide) groups is 1. The molecule has 0 spiro atoms. The molecule has 0 unspecified atom stereocenters. The van der Waals surface area contributed by atoms with E-state index in [9.17, 15) is 0 Å². The third-order valence-corrected chi connectivity index (χ3v) is 4.42. The SMILES string of the molecule is COc1ccc(CSc2cnc(N)s2)cc1OC. The molecule has 2 N–H and O–H groups in total. The van der Waals surface area contributed by atoms with Gasteiger partial charge in [0.05, 0.1) is 24.6 Å². The topological polar surface area (TPSA) is 57.4 Å². The van der Waals surface area contributed by atoms with E-state index in [4.69, 9.17) is 15.2 Å². The van der Waals surface area contributed by atoms with Crippen molar-refractivity contribution in [3.05, 3.63) is 30.0 Å². The first kappa shape index (κ1) is 13.0. The molecule has 0 aliphatic rings. The Bertz CT molecular complexity index is 529. The highest BCUT2D eigenvalue weighted by Gasteiger charge is 2.06. The van der Waals surface area contributed by atoms with Crippen molar-refractivity contribution in [1.82, 2.24) is 4.98 Å². The van der Waals surface area contributed by atoms with Gasteiger partial charge in [0.25, 0.3) is 0 Å². The lowest BCUT2D eigenvalue weighted by atomic mass is 10.2. The summed E-state index contributed by atoms with van der Waals surface area (Å²) in [7, 11) is 3.27. The van der Waals surface area contributed by atoms with Gasteiger partial charge < -0.3 is 15.2 Å². The number of ether oxygens (including phenoxy) is 2. The Morgan fingerprint density at radius 1 is 1.28 bits per heavy atom. The van der Waals surface area contributed by atoms with Crippen LogP contribution in [-0.4, -0.2) is 19.2 Å². The van der Waals surface area contributed by atoms with Crippen molar-refractivity contribution in [2.24, 2.45) is 0 Å². The molecular weight excluding hydrogens is 268 g/mol. The fraction of sp³-hybridized carbons (Fsp3) is 0.250. The second-order valence-corrected chi connectivity index (χ2v) is 5.83. The first-order valence-electron chi connectivity index (χ1n) is 5.28. The van der Waals surface area contributed by atoms with Crippen molar-refractivity contribution in [3.8, 4) is 11.5 Å². The van der Waals surface area contributed by atoms with Crippen molar-refractivity contribution < 1.29 is 9.47 Å². The van der Waals surface area contributed by atoms with Crippen molar-refractivity contribution in [3.63, 3.8) is 0 Å². The third-order valence-electron chi connectivity index (χ3n) is 2.33. The van der Waals surface area contributed by atoms with Gasteiger partial charge in [0, 0.05) is 5.75 Å². The van der Waals surface area contributed by atoms with E-state index >= 15 is 0 Å². The minimum atomic E-state index is 0.602. The quantitative estimate of drug-likeness (QED) is 0.854. The molecule has 0 bridgehead atoms. The van der Waals surface area contributed by atoms with E-state index in [1.165, 1.54) is 16.9 Å². The van der Waals surface area contributed by atoms with Crippen LogP contribution in [-0.2, 0) is 5.75 Å². The maximum absolute atomic E-state index is 5.59. The summed E-state index contributed by atoms with van der Waals surface area (Å²) >= 11 is 3.20. The number of nitrogens with zero attached hydrogens (tertiary/aromatic N) is 1. The molecule has 0 radical (unpaired) electrons. The molecule has 0 saturated carbocycles. The molecule has 1 aromatic heterocycles. The zero-order valence-corrected chi connectivity index (χ0v) is 11.8. The van der Waals surface area contributed by atoms with Crippen molar-refractivity contribution in [2.75, 3.05) is 20.0 Å². The van der Waals surface area contributed by atoms with Crippen molar-refractivity contribution >= 4 is 28.2 Å². The molecule has 2 rings (SSSR count). The molecule has 18 heavy (non-hydrogen) atoms. The number of methoxy groups -OCH3 is 2. The summed E-state index contributed by atoms with van der Waals surface area (Å²) in [5.74, 6) is 2.34. The largest absolute Gasteiger partial charge is 0.493 e. The Morgan fingerprint density at radius 2 is 2.06 bits per heavy atom. The number of thiazole rings is 1. The van der Waals surface area contributed by atoms with Crippen LogP contribution in [0.25, 0.3) is 0 Å². The highest BCUT2D eigenvalue weighted by molar-refractivity contribution is 8.00. The molecule has 2 aromatic rings. The number of rotatable bonds is 5. The lowest BCUT2D eigenvalue weighted by Crippen LogP contribution is -1.91. The summed E-state index contributed by atoms with van der Waals surface area (Å²) in [6, 6.07) is 5.92. The van der Waals surface area contributed by atoms with Gasteiger partial charge in [-0.3, -0.25) is 0 Å². The minimum Gasteiger partial charge on any atom is -0.493 e. The third kappa shape index (κ3) is 3.08. The van der Waals surface area contributed by atoms with E-state index in [1.54, 1.807) is 32.2 Å². The minimum absolute atomic E-state index is 0.602. The van der Waals surface area contributed by atoms with Gasteiger partial charge in [-0.15, -0.1) is 11.8 Å². The van der Waals surface area contributed by atoms with Crippen LogP contribution in [0.4, 0.5) is 5.13 Å². The smallest absolute Gasteiger partial charge is 0.181 e. The number of nitrogen functional groups attached to an aromatic ring is 1. The van der Waals surface area contributed by atoms with Gasteiger partial charge in [0.2, 0.25) is 0 Å². The van der Waals surface area contributed by atoms with Gasteiger partial charge >= 0.3 is 0 Å². The highest BCUT2D eigenvalue weighted by atomic mass is 32.2. The molecule has 1 heterocycles. The number of nitrogens with two attached hydrogens (primary N) is 1. The Hall–Kier alpha value is -1.40. The number of benzene rings is 1. The van der Waals surface area contributed by atoms with Gasteiger partial charge in [-0.25, -0.2) is 4.98 Å². The standard InChI is InChI=1S/C12H14N2O2S2/c1-15-9-4-3-8(5-10(9)16-2)7-17-11-6-14-12(13)18-11/h3-6H,7H2,1-2H3,(H2,13,14). The fourth-order valence-corrected chi connectivity index (χ4v) is 3.16. The molecule has 1 aromatic carbocycles. The zero-order valence-electron chi connectivity index (χ0n) is 10.2. The number of anilines is 1. The molecule has 96 valence electrons. The molecule has 4 nitrogen and oxygen atoms in total. The average Bonchev–Trinajstić information content (AvgIpc) is 2.81. The highest BCUT2D eigenvalue weighted by Crippen LogP contribution is 2.32. The molecule has 0 atom stereocenters. The second kappa shape index (κ2) is 5.97. The van der Waals surface area contributed by atoms with E-state index in [-0.39, 0.29) is 0 Å². The van der Waals surface area contributed by atoms with Crippen molar-refractivity contribution in [1.29, 1.82) is 0 Å². The van der Waals surface area contributed by atoms with Gasteiger partial charge in [-0.1, -0.05) is 17.4 Å². The first-order chi connectivity index (χ1) is 8.72. The van der Waals surface area contributed by atoms with Crippen LogP contribution in [0.3, 0.4) is 0 Å². The molecular formula is C12H14N2O2S2. The van der Waals surface area contributed by atoms with Crippen LogP contribution < -0.4 is 15.2 Å². The zero-order chi connectivity index (χ0) is 13.0. The molecule has 0 aliphatic carbocycles. The summed E-state index contributed by atoms with van der Waals surface area (Å²) in [6.45, 7) is 0. The Balaban J connectivity index is 2.05. The molecule has 0 saturated heterocycles. The van der Waals surface area contributed by atoms with Crippen molar-refractivity contribution in [2.45, 2.75) is 9.96 Å². The Labute approximate surface area is 114 Å². The second-order valence-electron chi connectivity index (χ2n) is 3.50. The van der Waals surface area contributed by atoms with Crippen LogP contribution in [0, 0.1) is 0 Å². The number of hydrogen-bond acceptors (Lipinski definition) is 6. The maximum atomic E-state index is 5.59. The maximum Gasteiger partial charge on any atom is 0.181 e. The van der Waals surface area contributed by atoms with E-state index in [0.29, 0.717) is 5.13 Å². The van der Waals surface area contributed by atoms with Gasteiger partial charge in [-0.2, -0.15) is 0 Å². The lowest BCUT2D eigenvalue weighted by molar-refractivity contribution is 0.354. The molecule has 0 amide bonds. The number of aromatic nitrogens is 1. The number of hydrogen-bond donors (Lipinski definition) is 1. The Morgan fingerprint density at radius 3 is 2.67 bits per heavy atom. The molecule has 0 fully saturated rings. The summed E-state index contributed by atoms with van der Waals surface area (Å²) < 4.78 is 11.6. The van der Waals surface area contributed by atoms with Gasteiger partial charge in [0.15, 0.2) is 16.6 Å². The van der Waals surface area contributed by atoms with Crippen LogP contribution in [0.5, 0.6) is 11.5 Å². The van der Waals surface area contributed by atoms with Crippen LogP contribution in [0.15, 0.2) is 28.6 Å². The van der Waals surface area contributed by atoms with Gasteiger partial charge in [-0.05, 0) is 17.7 Å². The lowest BCUT2D eigenvalue weighted by Gasteiger charge is -2.08. The summed E-state index contributed by atoms with van der Waals surface area (Å²) in [4.78, 5) is 4.02. The molecule has 6 heteroatoms. The van der Waals surface area contributed by atoms with Crippen LogP contribution in [0.2, 0.25) is 0 Å². The normalized spacial score (nSPS) is 10.3.